The van der Waals surface area contributed by atoms with Crippen LogP contribution in [-0.4, -0.2) is 49.7 Å². The summed E-state index contributed by atoms with van der Waals surface area (Å²) in [6.07, 6.45) is 11.3. The van der Waals surface area contributed by atoms with Crippen molar-refractivity contribution < 1.29 is 9.90 Å². The predicted octanol–water partition coefficient (Wildman–Crippen LogP) is 1.53. The van der Waals surface area contributed by atoms with Crippen LogP contribution in [0.4, 0.5) is 0 Å². The van der Waals surface area contributed by atoms with E-state index in [2.05, 4.69) is 11.2 Å². The summed E-state index contributed by atoms with van der Waals surface area (Å²) < 4.78 is 2.03. The molecule has 5 nitrogen and oxygen atoms in total. The van der Waals surface area contributed by atoms with E-state index in [1.54, 1.807) is 11.2 Å². The Labute approximate surface area is 124 Å². The number of imidazole rings is 1. The lowest BCUT2D eigenvalue weighted by molar-refractivity contribution is -0.132. The fraction of sp³-hybridized carbons (Fsp3) is 0.714. The van der Waals surface area contributed by atoms with Gasteiger partial charge in [-0.3, -0.25) is 4.79 Å². The van der Waals surface area contributed by atoms with E-state index in [4.69, 9.17) is 0 Å². The molecule has 1 aliphatic heterocycles. The molecule has 2 heterocycles. The third-order valence-electron chi connectivity index (χ3n) is 3.46. The molecule has 1 fully saturated rings. The van der Waals surface area contributed by atoms with Crippen molar-refractivity contribution in [2.75, 3.05) is 18.8 Å². The number of amides is 1. The van der Waals surface area contributed by atoms with E-state index in [9.17, 15) is 9.90 Å². The summed E-state index contributed by atoms with van der Waals surface area (Å²) in [5.74, 6) is 1.03. The maximum absolute atomic E-state index is 12.0. The van der Waals surface area contributed by atoms with Crippen LogP contribution in [0.15, 0.2) is 12.5 Å². The van der Waals surface area contributed by atoms with Gasteiger partial charge in [-0.1, -0.05) is 12.8 Å². The lowest BCUT2D eigenvalue weighted by atomic mass is 10.1. The van der Waals surface area contributed by atoms with Gasteiger partial charge in [0.05, 0.1) is 12.9 Å². The zero-order chi connectivity index (χ0) is 14.2. The molecule has 0 aliphatic carbocycles. The molecule has 111 valence electrons. The van der Waals surface area contributed by atoms with Gasteiger partial charge in [0.1, 0.15) is 11.6 Å². The van der Waals surface area contributed by atoms with E-state index in [1.165, 1.54) is 11.8 Å². The fourth-order valence-corrected chi connectivity index (χ4v) is 3.19. The number of aliphatic hydroxyl groups is 1. The molecular weight excluding hydrogens is 274 g/mol. The minimum atomic E-state index is -0.403. The Morgan fingerprint density at radius 3 is 3.00 bits per heavy atom. The van der Waals surface area contributed by atoms with E-state index in [0.29, 0.717) is 13.0 Å². The van der Waals surface area contributed by atoms with E-state index in [-0.39, 0.29) is 5.91 Å². The Bertz CT molecular complexity index is 397. The summed E-state index contributed by atoms with van der Waals surface area (Å²) >= 11 is 1.52. The van der Waals surface area contributed by atoms with E-state index in [0.717, 1.165) is 44.5 Å². The average Bonchev–Trinajstić information content (AvgIpc) is 2.95. The minimum Gasteiger partial charge on any atom is -0.381 e. The molecule has 2 rings (SSSR count). The average molecular weight is 296 g/mol. The molecule has 1 radical (unpaired) electrons. The van der Waals surface area contributed by atoms with Crippen LogP contribution in [0.2, 0.25) is 0 Å². The number of aromatic nitrogens is 2. The lowest BCUT2D eigenvalue weighted by Crippen LogP contribution is -2.41. The topological polar surface area (TPSA) is 58.4 Å². The summed E-state index contributed by atoms with van der Waals surface area (Å²) in [7, 11) is 0. The molecular formula is C14H22N3O2S. The van der Waals surface area contributed by atoms with Gasteiger partial charge in [-0.2, -0.15) is 0 Å². The van der Waals surface area contributed by atoms with Crippen molar-refractivity contribution in [3.8, 4) is 0 Å². The van der Waals surface area contributed by atoms with E-state index < -0.39 is 5.44 Å². The van der Waals surface area contributed by atoms with Gasteiger partial charge in [-0.25, -0.2) is 4.98 Å². The Morgan fingerprint density at radius 2 is 2.25 bits per heavy atom. The number of nitrogens with zero attached hydrogens (tertiary/aromatic N) is 3. The molecule has 0 aromatic carbocycles. The van der Waals surface area contributed by atoms with Crippen LogP contribution >= 0.6 is 11.8 Å². The first kappa shape index (κ1) is 15.4. The number of carbonyl (C=O) groups excluding carboxylic acids is 1. The molecule has 1 aliphatic rings. The van der Waals surface area contributed by atoms with Crippen LogP contribution < -0.4 is 0 Å². The normalized spacial score (nSPS) is 19.2. The number of hydrogen-bond donors (Lipinski definition) is 1. The van der Waals surface area contributed by atoms with Crippen molar-refractivity contribution in [1.82, 2.24) is 14.5 Å². The molecule has 20 heavy (non-hydrogen) atoms. The SMILES string of the molecule is O=C(CCCCCCn1c[c]nc1)N1CCSC(O)C1. The van der Waals surface area contributed by atoms with Crippen LogP contribution in [0.5, 0.6) is 0 Å². The second kappa shape index (κ2) is 8.32. The van der Waals surface area contributed by atoms with Crippen molar-refractivity contribution >= 4 is 17.7 Å². The minimum absolute atomic E-state index is 0.188. The molecule has 1 aromatic rings. The number of carbonyl (C=O) groups is 1. The number of unbranched alkanes of at least 4 members (excludes halogenated alkanes) is 3. The summed E-state index contributed by atoms with van der Waals surface area (Å²) in [6.45, 7) is 2.23. The smallest absolute Gasteiger partial charge is 0.222 e. The van der Waals surface area contributed by atoms with Crippen molar-refractivity contribution in [1.29, 1.82) is 0 Å². The van der Waals surface area contributed by atoms with E-state index >= 15 is 0 Å². The standard InChI is InChI=1S/C14H22N3O2S/c18-13(17-9-10-20-14(19)11-17)5-3-1-2-4-7-16-8-6-15-12-16/h8,12,14,19H,1-5,7,9-11H2. The largest absolute Gasteiger partial charge is 0.381 e. The third kappa shape index (κ3) is 5.17. The predicted molar refractivity (Wildman–Crippen MR) is 79.2 cm³/mol. The number of aliphatic hydroxyl groups excluding tert-OH is 1. The summed E-state index contributed by atoms with van der Waals surface area (Å²) in [4.78, 5) is 17.6. The van der Waals surface area contributed by atoms with Gasteiger partial charge < -0.3 is 14.6 Å². The fourth-order valence-electron chi connectivity index (χ4n) is 2.31. The molecule has 0 bridgehead atoms. The summed E-state index contributed by atoms with van der Waals surface area (Å²) in [5, 5.41) is 9.52. The Balaban J connectivity index is 1.51. The molecule has 6 heteroatoms. The molecule has 1 N–H and O–H groups in total. The highest BCUT2D eigenvalue weighted by Gasteiger charge is 2.21. The second-order valence-electron chi connectivity index (χ2n) is 5.07. The van der Waals surface area contributed by atoms with E-state index in [1.807, 2.05) is 10.8 Å². The third-order valence-corrected chi connectivity index (χ3v) is 4.41. The Morgan fingerprint density at radius 1 is 1.40 bits per heavy atom. The summed E-state index contributed by atoms with van der Waals surface area (Å²) in [6, 6.07) is 0. The molecule has 1 atom stereocenters. The molecule has 0 spiro atoms. The molecule has 1 aromatic heterocycles. The van der Waals surface area contributed by atoms with Gasteiger partial charge in [0.25, 0.3) is 0 Å². The zero-order valence-electron chi connectivity index (χ0n) is 11.7. The second-order valence-corrected chi connectivity index (χ2v) is 6.36. The highest BCUT2D eigenvalue weighted by atomic mass is 32.2. The van der Waals surface area contributed by atoms with Gasteiger partial charge in [0.15, 0.2) is 0 Å². The molecule has 0 saturated carbocycles. The van der Waals surface area contributed by atoms with Gasteiger partial charge in [-0.15, -0.1) is 11.8 Å². The number of hydrogen-bond acceptors (Lipinski definition) is 4. The zero-order valence-corrected chi connectivity index (χ0v) is 12.5. The van der Waals surface area contributed by atoms with Gasteiger partial charge in [-0.05, 0) is 12.8 Å². The Kier molecular flexibility index (Phi) is 6.39. The van der Waals surface area contributed by atoms with Crippen LogP contribution in [0.25, 0.3) is 0 Å². The first-order valence-corrected chi connectivity index (χ1v) is 8.26. The number of rotatable bonds is 7. The first-order valence-electron chi connectivity index (χ1n) is 7.21. The summed E-state index contributed by atoms with van der Waals surface area (Å²) in [5.41, 5.74) is -0.403. The maximum Gasteiger partial charge on any atom is 0.222 e. The van der Waals surface area contributed by atoms with Crippen molar-refractivity contribution in [3.63, 3.8) is 0 Å². The first-order chi connectivity index (χ1) is 9.75. The van der Waals surface area contributed by atoms with Crippen LogP contribution in [0.3, 0.4) is 0 Å². The van der Waals surface area contributed by atoms with Crippen molar-refractivity contribution in [2.24, 2.45) is 0 Å². The quantitative estimate of drug-likeness (QED) is 0.775. The van der Waals surface area contributed by atoms with Gasteiger partial charge in [0, 0.05) is 31.5 Å². The van der Waals surface area contributed by atoms with Crippen LogP contribution in [0, 0.1) is 6.20 Å². The number of β-amino-alcohol motifs (C(OH)–C–C–N with tert-alkyl or cyclic N) is 1. The maximum atomic E-state index is 12.0. The van der Waals surface area contributed by atoms with Crippen molar-refractivity contribution in [3.05, 3.63) is 18.7 Å². The molecule has 1 unspecified atom stereocenters. The molecule has 1 saturated heterocycles. The Hall–Kier alpha value is -1.01. The lowest BCUT2D eigenvalue weighted by Gasteiger charge is -2.29. The van der Waals surface area contributed by atoms with Crippen LogP contribution in [0.1, 0.15) is 32.1 Å². The van der Waals surface area contributed by atoms with Crippen molar-refractivity contribution in [2.45, 2.75) is 44.1 Å². The highest BCUT2D eigenvalue weighted by molar-refractivity contribution is 7.99. The van der Waals surface area contributed by atoms with Gasteiger partial charge >= 0.3 is 0 Å². The van der Waals surface area contributed by atoms with Gasteiger partial charge in [0.2, 0.25) is 5.91 Å². The molecule has 1 amide bonds. The number of aryl methyl sites for hydroxylation is 1. The van der Waals surface area contributed by atoms with Crippen LogP contribution in [-0.2, 0) is 11.3 Å². The highest BCUT2D eigenvalue weighted by Crippen LogP contribution is 2.17. The number of thioether (sulfide) groups is 1. The monoisotopic (exact) mass is 296 g/mol.